The average Bonchev–Trinajstić information content (AvgIpc) is 2.34. The van der Waals surface area contributed by atoms with Crippen molar-refractivity contribution >= 4 is 19.7 Å². The van der Waals surface area contributed by atoms with E-state index in [-0.39, 0.29) is 0 Å². The third kappa shape index (κ3) is 7.54. The van der Waals surface area contributed by atoms with Crippen LogP contribution in [0.25, 0.3) is 0 Å². The zero-order valence-electron chi connectivity index (χ0n) is 10.1. The molecule has 0 aromatic heterocycles. The molecule has 0 saturated heterocycles. The molecule has 5 nitrogen and oxygen atoms in total. The third-order valence-corrected chi connectivity index (χ3v) is 3.70. The molecule has 100 valence electrons. The molecule has 0 saturated carbocycles. The van der Waals surface area contributed by atoms with Gasteiger partial charge in [0, 0.05) is 0 Å². The Morgan fingerprint density at radius 3 is 1.50 bits per heavy atom. The van der Waals surface area contributed by atoms with Crippen LogP contribution < -0.4 is 4.89 Å². The Balaban J connectivity index is 0. The van der Waals surface area contributed by atoms with E-state index in [9.17, 15) is 14.0 Å². The van der Waals surface area contributed by atoms with Gasteiger partial charge < -0.3 is 9.38 Å². The largest absolute Gasteiger partial charge is 0.753 e. The molecule has 0 aliphatic heterocycles. The quantitative estimate of drug-likeness (QED) is 0.553. The highest BCUT2D eigenvalue weighted by molar-refractivity contribution is 7.46. The maximum atomic E-state index is 10.5. The molecular weight excluding hydrogens is 260 g/mol. The molecule has 0 aromatic carbocycles. The molecule has 0 fully saturated rings. The topological polar surface area (TPSA) is 58.6 Å². The highest BCUT2D eigenvalue weighted by Crippen LogP contribution is 2.39. The first-order valence-corrected chi connectivity index (χ1v) is 6.90. The van der Waals surface area contributed by atoms with E-state index >= 15 is 0 Å². The van der Waals surface area contributed by atoms with Crippen LogP contribution in [-0.4, -0.2) is 30.7 Å². The Morgan fingerprint density at radius 1 is 1.19 bits per heavy atom. The number of halogens is 2. The monoisotopic (exact) mass is 279 g/mol. The van der Waals surface area contributed by atoms with E-state index in [1.807, 2.05) is 0 Å². The van der Waals surface area contributed by atoms with Crippen molar-refractivity contribution < 1.29 is 27.3 Å². The first-order chi connectivity index (χ1) is 7.36. The number of rotatable bonds is 6. The smallest absolute Gasteiger partial charge is 0.319 e. The van der Waals surface area contributed by atoms with Gasteiger partial charge in [-0.1, -0.05) is 0 Å². The molecule has 0 aliphatic carbocycles. The molecule has 0 N–H and O–H groups in total. The van der Waals surface area contributed by atoms with Crippen molar-refractivity contribution in [3.63, 3.8) is 0 Å². The Bertz CT molecular complexity index is 191. The standard InChI is InChI=1S/C8H20N.ClFHO4P/c1-5-9(6-2,7-3)8-4;1-5-7(3,4)6-2/h5-8H2,1-4H3;(H,3,4)/q+1;/p-1. The van der Waals surface area contributed by atoms with Crippen LogP contribution in [-0.2, 0) is 13.4 Å². The summed E-state index contributed by atoms with van der Waals surface area (Å²) in [7, 11) is -4.81. The molecule has 16 heavy (non-hydrogen) atoms. The van der Waals surface area contributed by atoms with Crippen molar-refractivity contribution in [2.24, 2.45) is 0 Å². The summed E-state index contributed by atoms with van der Waals surface area (Å²) in [4.78, 5) is 9.44. The van der Waals surface area contributed by atoms with Crippen LogP contribution >= 0.6 is 19.7 Å². The van der Waals surface area contributed by atoms with Gasteiger partial charge in [-0.2, -0.15) is 0 Å². The Labute approximate surface area is 101 Å². The number of phosphoric acid groups is 1. The minimum Gasteiger partial charge on any atom is -0.753 e. The van der Waals surface area contributed by atoms with Crippen LogP contribution in [0, 0.1) is 0 Å². The van der Waals surface area contributed by atoms with E-state index in [4.69, 9.17) is 0 Å². The summed E-state index contributed by atoms with van der Waals surface area (Å²) in [6.07, 6.45) is 0. The van der Waals surface area contributed by atoms with Crippen molar-refractivity contribution in [3.8, 4) is 0 Å². The number of quaternary nitrogens is 1. The van der Waals surface area contributed by atoms with E-state index in [0.29, 0.717) is 0 Å². The minimum atomic E-state index is -4.81. The van der Waals surface area contributed by atoms with E-state index in [0.717, 1.165) is 0 Å². The second kappa shape index (κ2) is 9.33. The molecule has 1 unspecified atom stereocenters. The first-order valence-electron chi connectivity index (χ1n) is 5.13. The van der Waals surface area contributed by atoms with Gasteiger partial charge >= 0.3 is 7.82 Å². The molecule has 0 bridgehead atoms. The van der Waals surface area contributed by atoms with Gasteiger partial charge in [0.1, 0.15) is 0 Å². The number of nitrogens with zero attached hydrogens (tertiary/aromatic N) is 1. The second-order valence-electron chi connectivity index (χ2n) is 3.19. The van der Waals surface area contributed by atoms with Crippen molar-refractivity contribution in [1.82, 2.24) is 0 Å². The van der Waals surface area contributed by atoms with Gasteiger partial charge in [0.15, 0.2) is 0 Å². The van der Waals surface area contributed by atoms with Crippen LogP contribution in [0.2, 0.25) is 0 Å². The molecular formula is C8H20ClFNO4P. The van der Waals surface area contributed by atoms with E-state index in [1.165, 1.54) is 30.7 Å². The molecule has 0 aliphatic rings. The van der Waals surface area contributed by atoms with E-state index < -0.39 is 7.82 Å². The fourth-order valence-corrected chi connectivity index (χ4v) is 1.44. The fraction of sp³-hybridized carbons (Fsp3) is 1.00. The van der Waals surface area contributed by atoms with Gasteiger partial charge in [-0.05, 0) is 32.2 Å². The predicted octanol–water partition coefficient (Wildman–Crippen LogP) is 2.41. The molecule has 0 spiro atoms. The Morgan fingerprint density at radius 2 is 1.50 bits per heavy atom. The van der Waals surface area contributed by atoms with Crippen LogP contribution in [0.3, 0.4) is 0 Å². The molecule has 0 amide bonds. The summed E-state index contributed by atoms with van der Waals surface area (Å²) in [5.41, 5.74) is 0. The van der Waals surface area contributed by atoms with Crippen LogP contribution in [0.5, 0.6) is 0 Å². The summed E-state index contributed by atoms with van der Waals surface area (Å²) in [6, 6.07) is 0. The number of hydrogen-bond acceptors (Lipinski definition) is 4. The van der Waals surface area contributed by atoms with Crippen LogP contribution in [0.1, 0.15) is 27.7 Å². The molecule has 1 atom stereocenters. The summed E-state index contributed by atoms with van der Waals surface area (Å²) in [6.45, 7) is 14.2. The van der Waals surface area contributed by atoms with Gasteiger partial charge in [0.05, 0.1) is 38.0 Å². The van der Waals surface area contributed by atoms with Gasteiger partial charge in [-0.15, -0.1) is 4.73 Å². The van der Waals surface area contributed by atoms with Gasteiger partial charge in [0.2, 0.25) is 0 Å². The van der Waals surface area contributed by atoms with Crippen molar-refractivity contribution in [2.75, 3.05) is 26.2 Å². The van der Waals surface area contributed by atoms with Crippen molar-refractivity contribution in [2.45, 2.75) is 27.7 Å². The second-order valence-corrected chi connectivity index (χ2v) is 4.78. The van der Waals surface area contributed by atoms with Gasteiger partial charge in [-0.25, -0.2) is 4.08 Å². The third-order valence-electron chi connectivity index (χ3n) is 2.85. The van der Waals surface area contributed by atoms with Crippen LogP contribution in [0.15, 0.2) is 0 Å². The molecule has 0 radical (unpaired) electrons. The summed E-state index contributed by atoms with van der Waals surface area (Å²) < 4.78 is 26.4. The number of hydrogen-bond donors (Lipinski definition) is 0. The fourth-order valence-electron chi connectivity index (χ4n) is 1.35. The normalized spacial score (nSPS) is 14.9. The highest BCUT2D eigenvalue weighted by atomic mass is 35.5. The lowest BCUT2D eigenvalue weighted by Gasteiger charge is -2.34. The lowest BCUT2D eigenvalue weighted by Crippen LogP contribution is -2.47. The molecule has 0 aromatic rings. The lowest BCUT2D eigenvalue weighted by molar-refractivity contribution is -0.921. The van der Waals surface area contributed by atoms with Gasteiger partial charge in [-0.3, -0.25) is 4.57 Å². The Hall–Kier alpha value is 0.290. The zero-order valence-corrected chi connectivity index (χ0v) is 11.8. The molecule has 0 rings (SSSR count). The van der Waals surface area contributed by atoms with E-state index in [2.05, 4.69) is 48.4 Å². The lowest BCUT2D eigenvalue weighted by atomic mass is 10.3. The molecule has 8 heteroatoms. The highest BCUT2D eigenvalue weighted by Gasteiger charge is 2.16. The van der Waals surface area contributed by atoms with Crippen LogP contribution in [0.4, 0.5) is 4.53 Å². The van der Waals surface area contributed by atoms with Crippen molar-refractivity contribution in [3.05, 3.63) is 0 Å². The predicted molar refractivity (Wildman–Crippen MR) is 59.2 cm³/mol. The summed E-state index contributed by atoms with van der Waals surface area (Å²) in [5, 5.41) is 0. The van der Waals surface area contributed by atoms with Gasteiger partial charge in [0.25, 0.3) is 0 Å². The Kier molecular flexibility index (Phi) is 10.9. The SMILES string of the molecule is CC[N+](CC)(CC)CC.O=P([O-])(OF)OCl. The maximum Gasteiger partial charge on any atom is 0.319 e. The first kappa shape index (κ1) is 18.6. The maximum absolute atomic E-state index is 10.5. The summed E-state index contributed by atoms with van der Waals surface area (Å²) >= 11 is 4.15. The summed E-state index contributed by atoms with van der Waals surface area (Å²) in [5.74, 6) is 0. The minimum absolute atomic E-state index is 1.28. The van der Waals surface area contributed by atoms with E-state index in [1.54, 1.807) is 0 Å². The zero-order chi connectivity index (χ0) is 13.2. The van der Waals surface area contributed by atoms with Crippen molar-refractivity contribution in [1.29, 1.82) is 0 Å². The molecule has 0 heterocycles. The average molecular weight is 280 g/mol.